The van der Waals surface area contributed by atoms with Gasteiger partial charge in [0.15, 0.2) is 0 Å². The van der Waals surface area contributed by atoms with Crippen LogP contribution in [0.2, 0.25) is 5.02 Å². The lowest BCUT2D eigenvalue weighted by Crippen LogP contribution is -2.07. The second kappa shape index (κ2) is 6.72. The number of carbonyl (C=O) groups is 1. The molecule has 0 spiro atoms. The van der Waals surface area contributed by atoms with Gasteiger partial charge in [-0.15, -0.1) is 5.10 Å². The molecule has 1 amide bonds. The van der Waals surface area contributed by atoms with Gasteiger partial charge in [-0.05, 0) is 30.5 Å². The lowest BCUT2D eigenvalue weighted by Gasteiger charge is -2.01. The second-order valence-electron chi connectivity index (χ2n) is 4.79. The maximum absolute atomic E-state index is 11.8. The van der Waals surface area contributed by atoms with Gasteiger partial charge in [-0.1, -0.05) is 34.9 Å². The third kappa shape index (κ3) is 3.52. The number of halogens is 1. The first-order chi connectivity index (χ1) is 10.7. The number of aromatic nitrogens is 2. The van der Waals surface area contributed by atoms with E-state index in [1.54, 1.807) is 12.1 Å². The second-order valence-corrected chi connectivity index (χ2v) is 5.20. The van der Waals surface area contributed by atoms with Gasteiger partial charge in [-0.25, -0.2) is 0 Å². The SMILES string of the molecule is O=C(C=Cc1ccccc1Cl)Nc1nnc(C2CCCO2)o1. The summed E-state index contributed by atoms with van der Waals surface area (Å²) in [4.78, 5) is 11.8. The van der Waals surface area contributed by atoms with Crippen LogP contribution in [0.3, 0.4) is 0 Å². The van der Waals surface area contributed by atoms with Crippen LogP contribution in [0.15, 0.2) is 34.8 Å². The number of ether oxygens (including phenoxy) is 1. The van der Waals surface area contributed by atoms with Crippen molar-refractivity contribution in [2.24, 2.45) is 0 Å². The Labute approximate surface area is 132 Å². The fraction of sp³-hybridized carbons (Fsp3) is 0.267. The molecule has 7 heteroatoms. The molecule has 0 radical (unpaired) electrons. The van der Waals surface area contributed by atoms with Crippen molar-refractivity contribution in [3.8, 4) is 0 Å². The highest BCUT2D eigenvalue weighted by Gasteiger charge is 2.23. The van der Waals surface area contributed by atoms with E-state index < -0.39 is 0 Å². The fourth-order valence-electron chi connectivity index (χ4n) is 2.11. The van der Waals surface area contributed by atoms with E-state index in [4.69, 9.17) is 20.8 Å². The maximum atomic E-state index is 11.8. The highest BCUT2D eigenvalue weighted by Crippen LogP contribution is 2.28. The zero-order chi connectivity index (χ0) is 15.4. The molecule has 1 aromatic carbocycles. The summed E-state index contributed by atoms with van der Waals surface area (Å²) in [6.45, 7) is 0.690. The number of benzene rings is 1. The zero-order valence-electron chi connectivity index (χ0n) is 11.7. The molecule has 1 saturated heterocycles. The predicted molar refractivity (Wildman–Crippen MR) is 81.3 cm³/mol. The molecule has 2 heterocycles. The van der Waals surface area contributed by atoms with Gasteiger partial charge < -0.3 is 9.15 Å². The number of anilines is 1. The minimum Gasteiger partial charge on any atom is -0.405 e. The van der Waals surface area contributed by atoms with E-state index in [-0.39, 0.29) is 18.0 Å². The normalized spacial score (nSPS) is 18.0. The maximum Gasteiger partial charge on any atom is 0.322 e. The first-order valence-corrected chi connectivity index (χ1v) is 7.29. The number of rotatable bonds is 4. The molecule has 0 saturated carbocycles. The molecule has 22 heavy (non-hydrogen) atoms. The highest BCUT2D eigenvalue weighted by molar-refractivity contribution is 6.32. The standard InChI is InChI=1S/C15H14ClN3O3/c16-11-5-2-1-4-10(11)7-8-13(20)17-15-19-18-14(22-15)12-6-3-9-21-12/h1-2,4-5,7-8,12H,3,6,9H2,(H,17,19,20). The molecule has 0 bridgehead atoms. The van der Waals surface area contributed by atoms with Crippen molar-refractivity contribution in [3.63, 3.8) is 0 Å². The van der Waals surface area contributed by atoms with Crippen molar-refractivity contribution in [2.75, 3.05) is 11.9 Å². The number of carbonyl (C=O) groups excluding carboxylic acids is 1. The molecule has 1 aromatic heterocycles. The number of hydrogen-bond acceptors (Lipinski definition) is 5. The van der Waals surface area contributed by atoms with Crippen LogP contribution in [0.25, 0.3) is 6.08 Å². The summed E-state index contributed by atoms with van der Waals surface area (Å²) in [7, 11) is 0. The van der Waals surface area contributed by atoms with Gasteiger partial charge in [0.2, 0.25) is 5.89 Å². The highest BCUT2D eigenvalue weighted by atomic mass is 35.5. The van der Waals surface area contributed by atoms with Crippen LogP contribution in [0.4, 0.5) is 6.01 Å². The van der Waals surface area contributed by atoms with Crippen molar-refractivity contribution in [1.82, 2.24) is 10.2 Å². The average Bonchev–Trinajstić information content (AvgIpc) is 3.17. The number of nitrogens with zero attached hydrogens (tertiary/aromatic N) is 2. The quantitative estimate of drug-likeness (QED) is 0.875. The molecule has 1 unspecified atom stereocenters. The molecule has 0 aliphatic carbocycles. The van der Waals surface area contributed by atoms with Crippen molar-refractivity contribution < 1.29 is 13.9 Å². The van der Waals surface area contributed by atoms with Gasteiger partial charge in [0.1, 0.15) is 6.10 Å². The summed E-state index contributed by atoms with van der Waals surface area (Å²) >= 11 is 6.01. The minimum absolute atomic E-state index is 0.0549. The lowest BCUT2D eigenvalue weighted by atomic mass is 10.2. The van der Waals surface area contributed by atoms with E-state index in [2.05, 4.69) is 15.5 Å². The number of hydrogen-bond donors (Lipinski definition) is 1. The third-order valence-electron chi connectivity index (χ3n) is 3.20. The summed E-state index contributed by atoms with van der Waals surface area (Å²) in [5.41, 5.74) is 0.755. The monoisotopic (exact) mass is 319 g/mol. The van der Waals surface area contributed by atoms with Crippen molar-refractivity contribution in [3.05, 3.63) is 46.8 Å². The predicted octanol–water partition coefficient (Wildman–Crippen LogP) is 3.23. The van der Waals surface area contributed by atoms with Crippen molar-refractivity contribution in [2.45, 2.75) is 18.9 Å². The van der Waals surface area contributed by atoms with Gasteiger partial charge in [0, 0.05) is 17.7 Å². The average molecular weight is 320 g/mol. The van der Waals surface area contributed by atoms with Crippen molar-refractivity contribution >= 4 is 29.6 Å². The van der Waals surface area contributed by atoms with E-state index >= 15 is 0 Å². The lowest BCUT2D eigenvalue weighted by molar-refractivity contribution is -0.112. The van der Waals surface area contributed by atoms with E-state index in [1.807, 2.05) is 18.2 Å². The van der Waals surface area contributed by atoms with Crippen LogP contribution < -0.4 is 5.32 Å². The summed E-state index contributed by atoms with van der Waals surface area (Å²) in [6.07, 6.45) is 4.63. The molecule has 1 aliphatic heterocycles. The topological polar surface area (TPSA) is 77.2 Å². The zero-order valence-corrected chi connectivity index (χ0v) is 12.4. The van der Waals surface area contributed by atoms with Gasteiger partial charge in [-0.3, -0.25) is 10.1 Å². The summed E-state index contributed by atoms with van der Waals surface area (Å²) in [6, 6.07) is 7.29. The third-order valence-corrected chi connectivity index (χ3v) is 3.54. The van der Waals surface area contributed by atoms with Crippen LogP contribution in [0.1, 0.15) is 30.4 Å². The molecule has 1 aliphatic rings. The van der Waals surface area contributed by atoms with Gasteiger partial charge in [0.05, 0.1) is 0 Å². The Morgan fingerprint density at radius 1 is 1.36 bits per heavy atom. The summed E-state index contributed by atoms with van der Waals surface area (Å²) in [5, 5.41) is 10.8. The van der Waals surface area contributed by atoms with Crippen LogP contribution in [0, 0.1) is 0 Å². The van der Waals surface area contributed by atoms with Crippen molar-refractivity contribution in [1.29, 1.82) is 0 Å². The molecule has 6 nitrogen and oxygen atoms in total. The first kappa shape index (κ1) is 14.7. The number of nitrogens with one attached hydrogen (secondary N) is 1. The molecule has 114 valence electrons. The van der Waals surface area contributed by atoms with Gasteiger partial charge >= 0.3 is 6.01 Å². The molecular formula is C15H14ClN3O3. The molecule has 1 fully saturated rings. The van der Waals surface area contributed by atoms with Crippen LogP contribution >= 0.6 is 11.6 Å². The van der Waals surface area contributed by atoms with Gasteiger partial charge in [0.25, 0.3) is 5.91 Å². The number of amides is 1. The Morgan fingerprint density at radius 2 is 2.23 bits per heavy atom. The Bertz CT molecular complexity index is 693. The molecule has 1 N–H and O–H groups in total. The van der Waals surface area contributed by atoms with Crippen LogP contribution in [-0.4, -0.2) is 22.7 Å². The Morgan fingerprint density at radius 3 is 3.00 bits per heavy atom. The summed E-state index contributed by atoms with van der Waals surface area (Å²) < 4.78 is 10.8. The molecular weight excluding hydrogens is 306 g/mol. The van der Waals surface area contributed by atoms with E-state index in [9.17, 15) is 4.79 Å². The minimum atomic E-state index is -0.373. The first-order valence-electron chi connectivity index (χ1n) is 6.91. The molecule has 2 aromatic rings. The summed E-state index contributed by atoms with van der Waals surface area (Å²) in [5.74, 6) is 0.0188. The van der Waals surface area contributed by atoms with E-state index in [0.717, 1.165) is 18.4 Å². The van der Waals surface area contributed by atoms with Crippen LogP contribution in [-0.2, 0) is 9.53 Å². The Balaban J connectivity index is 1.61. The smallest absolute Gasteiger partial charge is 0.322 e. The fourth-order valence-corrected chi connectivity index (χ4v) is 2.31. The Kier molecular flexibility index (Phi) is 4.50. The van der Waals surface area contributed by atoms with Gasteiger partial charge in [-0.2, -0.15) is 0 Å². The largest absolute Gasteiger partial charge is 0.405 e. The molecule has 3 rings (SSSR count). The van der Waals surface area contributed by atoms with E-state index in [0.29, 0.717) is 17.5 Å². The molecule has 1 atom stereocenters. The van der Waals surface area contributed by atoms with E-state index in [1.165, 1.54) is 6.08 Å². The Hall–Kier alpha value is -2.18. The van der Waals surface area contributed by atoms with Crippen LogP contribution in [0.5, 0.6) is 0 Å².